The lowest BCUT2D eigenvalue weighted by Gasteiger charge is -2.20. The van der Waals surface area contributed by atoms with Gasteiger partial charge in [0.25, 0.3) is 0 Å². The van der Waals surface area contributed by atoms with Crippen molar-refractivity contribution in [2.24, 2.45) is 5.92 Å². The molecule has 0 saturated carbocycles. The number of rotatable bonds is 5. The fourth-order valence-electron chi connectivity index (χ4n) is 1.53. The van der Waals surface area contributed by atoms with Gasteiger partial charge in [-0.15, -0.1) is 0 Å². The Bertz CT molecular complexity index is 387. The van der Waals surface area contributed by atoms with Crippen LogP contribution in [0.5, 0.6) is 5.75 Å². The van der Waals surface area contributed by atoms with Gasteiger partial charge >= 0.3 is 0 Å². The number of aliphatic hydroxyl groups excluding tert-OH is 2. The second-order valence-electron chi connectivity index (χ2n) is 4.24. The van der Waals surface area contributed by atoms with E-state index in [9.17, 15) is 15.0 Å². The molecule has 0 aliphatic carbocycles. The summed E-state index contributed by atoms with van der Waals surface area (Å²) in [6.07, 6.45) is -2.50. The Morgan fingerprint density at radius 2 is 1.82 bits per heavy atom. The topological polar surface area (TPSA) is 66.8 Å². The lowest BCUT2D eigenvalue weighted by atomic mass is 9.95. The van der Waals surface area contributed by atoms with Gasteiger partial charge in [-0.25, -0.2) is 0 Å². The smallest absolute Gasteiger partial charge is 0.197 e. The second kappa shape index (κ2) is 5.80. The zero-order chi connectivity index (χ0) is 13.0. The van der Waals surface area contributed by atoms with Gasteiger partial charge in [-0.3, -0.25) is 4.79 Å². The summed E-state index contributed by atoms with van der Waals surface area (Å²) in [4.78, 5) is 12.0. The van der Waals surface area contributed by atoms with E-state index >= 15 is 0 Å². The molecule has 0 radical (unpaired) electrons. The van der Waals surface area contributed by atoms with Gasteiger partial charge < -0.3 is 14.9 Å². The van der Waals surface area contributed by atoms with Crippen molar-refractivity contribution in [3.05, 3.63) is 29.8 Å². The predicted molar refractivity (Wildman–Crippen MR) is 64.2 cm³/mol. The summed E-state index contributed by atoms with van der Waals surface area (Å²) in [6, 6.07) is 6.63. The largest absolute Gasteiger partial charge is 0.496 e. The molecule has 0 heterocycles. The van der Waals surface area contributed by atoms with E-state index < -0.39 is 18.0 Å². The van der Waals surface area contributed by atoms with E-state index in [2.05, 4.69) is 0 Å². The van der Waals surface area contributed by atoms with Crippen LogP contribution >= 0.6 is 0 Å². The van der Waals surface area contributed by atoms with Gasteiger partial charge in [-0.2, -0.15) is 0 Å². The van der Waals surface area contributed by atoms with Crippen LogP contribution in [-0.4, -0.2) is 35.3 Å². The Labute approximate surface area is 101 Å². The first-order chi connectivity index (χ1) is 7.99. The van der Waals surface area contributed by atoms with Gasteiger partial charge in [-0.1, -0.05) is 26.0 Å². The van der Waals surface area contributed by atoms with Crippen LogP contribution in [0.1, 0.15) is 24.2 Å². The first-order valence-electron chi connectivity index (χ1n) is 5.52. The van der Waals surface area contributed by atoms with Crippen LogP contribution in [0.3, 0.4) is 0 Å². The van der Waals surface area contributed by atoms with Crippen molar-refractivity contribution in [2.75, 3.05) is 7.11 Å². The summed E-state index contributed by atoms with van der Waals surface area (Å²) < 4.78 is 5.04. The number of ketones is 1. The maximum Gasteiger partial charge on any atom is 0.197 e. The molecule has 0 fully saturated rings. The molecule has 0 spiro atoms. The summed E-state index contributed by atoms with van der Waals surface area (Å²) in [5, 5.41) is 19.5. The van der Waals surface area contributed by atoms with Crippen molar-refractivity contribution < 1.29 is 19.7 Å². The second-order valence-corrected chi connectivity index (χ2v) is 4.24. The standard InChI is InChI=1S/C13H18O4/c1-8(2)11(14)13(16)12(15)9-6-4-5-7-10(9)17-3/h4-8,11,13-14,16H,1-3H3/t11-,13-/m1/s1. The number of hydrogen-bond acceptors (Lipinski definition) is 4. The Kier molecular flexibility index (Phi) is 4.66. The molecular weight excluding hydrogens is 220 g/mol. The van der Waals surface area contributed by atoms with Crippen molar-refractivity contribution >= 4 is 5.78 Å². The molecule has 0 aromatic heterocycles. The molecule has 2 atom stereocenters. The van der Waals surface area contributed by atoms with Crippen LogP contribution < -0.4 is 4.74 Å². The number of carbonyl (C=O) groups excluding carboxylic acids is 1. The molecule has 94 valence electrons. The lowest BCUT2D eigenvalue weighted by Crippen LogP contribution is -2.37. The SMILES string of the molecule is COc1ccccc1C(=O)[C@H](O)[C@H](O)C(C)C. The summed E-state index contributed by atoms with van der Waals surface area (Å²) >= 11 is 0. The van der Waals surface area contributed by atoms with Gasteiger partial charge in [0.05, 0.1) is 18.8 Å². The van der Waals surface area contributed by atoms with E-state index in [4.69, 9.17) is 4.74 Å². The first-order valence-corrected chi connectivity index (χ1v) is 5.52. The number of carbonyl (C=O) groups is 1. The summed E-state index contributed by atoms with van der Waals surface area (Å²) in [5.41, 5.74) is 0.280. The fourth-order valence-corrected chi connectivity index (χ4v) is 1.53. The molecule has 0 bridgehead atoms. The van der Waals surface area contributed by atoms with Crippen molar-refractivity contribution in [1.82, 2.24) is 0 Å². The molecule has 4 heteroatoms. The highest BCUT2D eigenvalue weighted by Gasteiger charge is 2.29. The number of aliphatic hydroxyl groups is 2. The third-order valence-electron chi connectivity index (χ3n) is 2.65. The van der Waals surface area contributed by atoms with Crippen molar-refractivity contribution in [3.63, 3.8) is 0 Å². The quantitative estimate of drug-likeness (QED) is 0.758. The number of para-hydroxylation sites is 1. The highest BCUT2D eigenvalue weighted by Crippen LogP contribution is 2.21. The van der Waals surface area contributed by atoms with E-state index in [1.807, 2.05) is 0 Å². The molecule has 1 aromatic carbocycles. The monoisotopic (exact) mass is 238 g/mol. The first kappa shape index (κ1) is 13.7. The van der Waals surface area contributed by atoms with E-state index in [1.165, 1.54) is 7.11 Å². The van der Waals surface area contributed by atoms with E-state index in [1.54, 1.807) is 38.1 Å². The van der Waals surface area contributed by atoms with Gasteiger partial charge in [0, 0.05) is 0 Å². The molecule has 17 heavy (non-hydrogen) atoms. The van der Waals surface area contributed by atoms with Crippen LogP contribution in [0.4, 0.5) is 0 Å². The zero-order valence-corrected chi connectivity index (χ0v) is 10.3. The number of ether oxygens (including phenoxy) is 1. The Hall–Kier alpha value is -1.39. The maximum absolute atomic E-state index is 12.0. The third kappa shape index (κ3) is 3.05. The fraction of sp³-hybridized carbons (Fsp3) is 0.462. The third-order valence-corrected chi connectivity index (χ3v) is 2.65. The summed E-state index contributed by atoms with van der Waals surface area (Å²) in [5.74, 6) is -0.320. The highest BCUT2D eigenvalue weighted by molar-refractivity contribution is 6.02. The predicted octanol–water partition coefficient (Wildman–Crippen LogP) is 1.26. The van der Waals surface area contributed by atoms with Crippen molar-refractivity contribution in [2.45, 2.75) is 26.1 Å². The average Bonchev–Trinajstić information content (AvgIpc) is 2.35. The van der Waals surface area contributed by atoms with Gasteiger partial charge in [0.15, 0.2) is 5.78 Å². The molecular formula is C13H18O4. The average molecular weight is 238 g/mol. The molecule has 0 aliphatic rings. The van der Waals surface area contributed by atoms with Crippen molar-refractivity contribution in [1.29, 1.82) is 0 Å². The highest BCUT2D eigenvalue weighted by atomic mass is 16.5. The Morgan fingerprint density at radius 3 is 2.35 bits per heavy atom. The number of methoxy groups -OCH3 is 1. The van der Waals surface area contributed by atoms with Gasteiger partial charge in [-0.05, 0) is 18.1 Å². The molecule has 0 amide bonds. The number of benzene rings is 1. The van der Waals surface area contributed by atoms with Gasteiger partial charge in [0.2, 0.25) is 0 Å². The Balaban J connectivity index is 2.96. The number of hydrogen-bond donors (Lipinski definition) is 2. The molecule has 1 aromatic rings. The van der Waals surface area contributed by atoms with Crippen LogP contribution in [0.25, 0.3) is 0 Å². The van der Waals surface area contributed by atoms with Crippen LogP contribution in [0.2, 0.25) is 0 Å². The minimum absolute atomic E-state index is 0.191. The Morgan fingerprint density at radius 1 is 1.24 bits per heavy atom. The van der Waals surface area contributed by atoms with Gasteiger partial charge in [0.1, 0.15) is 11.9 Å². The van der Waals surface area contributed by atoms with E-state index in [0.717, 1.165) is 0 Å². The molecule has 1 rings (SSSR count). The summed E-state index contributed by atoms with van der Waals surface area (Å²) in [7, 11) is 1.46. The van der Waals surface area contributed by atoms with Crippen LogP contribution in [-0.2, 0) is 0 Å². The van der Waals surface area contributed by atoms with E-state index in [-0.39, 0.29) is 11.5 Å². The summed E-state index contributed by atoms with van der Waals surface area (Å²) in [6.45, 7) is 3.48. The lowest BCUT2D eigenvalue weighted by molar-refractivity contribution is 0.000496. The molecule has 0 saturated heterocycles. The van der Waals surface area contributed by atoms with Crippen molar-refractivity contribution in [3.8, 4) is 5.75 Å². The van der Waals surface area contributed by atoms with Crippen LogP contribution in [0, 0.1) is 5.92 Å². The molecule has 2 N–H and O–H groups in total. The van der Waals surface area contributed by atoms with Crippen LogP contribution in [0.15, 0.2) is 24.3 Å². The minimum atomic E-state index is -1.42. The number of Topliss-reactive ketones (excluding diaryl/α,β-unsaturated/α-hetero) is 1. The normalized spacial score (nSPS) is 14.5. The molecule has 0 unspecified atom stereocenters. The molecule has 0 aliphatic heterocycles. The minimum Gasteiger partial charge on any atom is -0.496 e. The molecule has 4 nitrogen and oxygen atoms in total. The maximum atomic E-state index is 12.0. The zero-order valence-electron chi connectivity index (χ0n) is 10.3. The van der Waals surface area contributed by atoms with E-state index in [0.29, 0.717) is 5.75 Å².